The number of nitrogens with one attached hydrogen (secondary N) is 2. The Morgan fingerprint density at radius 1 is 1.12 bits per heavy atom. The standard InChI is InChI=1S/C23H30N4O5S.C2HF3O2/c1-4-32-22(28)16-26(3)23(29)18-9-10-20(27-13-11-24-12-14-27)19(15-18)25-33(30,31)21-8-6-5-7-17(21)2;3-2(4,5)1(6)7/h5-10,15,24-25H,4,11-14,16H2,1-3H3;(H,6,7). The van der Waals surface area contributed by atoms with Gasteiger partial charge in [-0.15, -0.1) is 0 Å². The monoisotopic (exact) mass is 588 g/mol. The van der Waals surface area contributed by atoms with E-state index in [2.05, 4.69) is 14.9 Å². The highest BCUT2D eigenvalue weighted by atomic mass is 32.2. The summed E-state index contributed by atoms with van der Waals surface area (Å²) < 4.78 is 65.7. The predicted octanol–water partition coefficient (Wildman–Crippen LogP) is 2.47. The van der Waals surface area contributed by atoms with Crippen LogP contribution in [-0.4, -0.2) is 88.8 Å². The van der Waals surface area contributed by atoms with Crippen LogP contribution in [0, 0.1) is 6.92 Å². The third-order valence-electron chi connectivity index (χ3n) is 5.59. The first kappa shape index (κ1) is 32.4. The van der Waals surface area contributed by atoms with E-state index in [-0.39, 0.29) is 23.6 Å². The molecule has 2 aromatic rings. The van der Waals surface area contributed by atoms with Crippen LogP contribution in [0.15, 0.2) is 47.4 Å². The van der Waals surface area contributed by atoms with Crippen molar-refractivity contribution in [3.8, 4) is 0 Å². The average Bonchev–Trinajstić information content (AvgIpc) is 2.88. The number of nitrogens with zero attached hydrogens (tertiary/aromatic N) is 2. The Labute approximate surface area is 230 Å². The molecule has 1 fully saturated rings. The van der Waals surface area contributed by atoms with Crippen LogP contribution in [0.25, 0.3) is 0 Å². The van der Waals surface area contributed by atoms with Crippen LogP contribution < -0.4 is 14.9 Å². The van der Waals surface area contributed by atoms with Crippen LogP contribution in [0.4, 0.5) is 24.5 Å². The zero-order valence-electron chi connectivity index (χ0n) is 22.1. The van der Waals surface area contributed by atoms with Gasteiger partial charge in [0.15, 0.2) is 0 Å². The number of ether oxygens (including phenoxy) is 1. The Hall–Kier alpha value is -3.85. The lowest BCUT2D eigenvalue weighted by molar-refractivity contribution is -0.192. The summed E-state index contributed by atoms with van der Waals surface area (Å²) in [6.07, 6.45) is -5.08. The summed E-state index contributed by atoms with van der Waals surface area (Å²) in [5, 5.41) is 10.4. The third kappa shape index (κ3) is 9.12. The Kier molecular flexibility index (Phi) is 11.3. The quantitative estimate of drug-likeness (QED) is 0.396. The number of halogens is 3. The van der Waals surface area contributed by atoms with E-state index in [4.69, 9.17) is 14.6 Å². The Morgan fingerprint density at radius 2 is 1.73 bits per heavy atom. The van der Waals surface area contributed by atoms with Crippen LogP contribution in [0.1, 0.15) is 22.8 Å². The molecule has 1 aliphatic rings. The Balaban J connectivity index is 0.000000708. The van der Waals surface area contributed by atoms with Crippen molar-refractivity contribution in [2.45, 2.75) is 24.9 Å². The molecule has 3 N–H and O–H groups in total. The first-order valence-electron chi connectivity index (χ1n) is 12.1. The maximum atomic E-state index is 13.2. The van der Waals surface area contributed by atoms with Crippen molar-refractivity contribution >= 4 is 39.2 Å². The number of esters is 1. The van der Waals surface area contributed by atoms with Gasteiger partial charge in [-0.25, -0.2) is 13.2 Å². The summed E-state index contributed by atoms with van der Waals surface area (Å²) in [6, 6.07) is 11.6. The van der Waals surface area contributed by atoms with Gasteiger partial charge in [0.2, 0.25) is 0 Å². The third-order valence-corrected chi connectivity index (χ3v) is 7.12. The molecule has 0 aromatic heterocycles. The molecule has 0 atom stereocenters. The van der Waals surface area contributed by atoms with Gasteiger partial charge in [-0.3, -0.25) is 14.3 Å². The molecular formula is C25H31F3N4O7S. The smallest absolute Gasteiger partial charge is 0.475 e. The number of likely N-dealkylation sites (N-methyl/N-ethyl adjacent to an activating group) is 1. The highest BCUT2D eigenvalue weighted by molar-refractivity contribution is 7.92. The molecule has 0 aliphatic carbocycles. The van der Waals surface area contributed by atoms with Crippen LogP contribution in [0.5, 0.6) is 0 Å². The summed E-state index contributed by atoms with van der Waals surface area (Å²) in [4.78, 5) is 37.1. The van der Waals surface area contributed by atoms with Crippen LogP contribution in [0.2, 0.25) is 0 Å². The number of carbonyl (C=O) groups is 3. The summed E-state index contributed by atoms with van der Waals surface area (Å²) in [5.41, 5.74) is 1.90. The number of carbonyl (C=O) groups excluding carboxylic acids is 2. The van der Waals surface area contributed by atoms with Gasteiger partial charge >= 0.3 is 18.1 Å². The van der Waals surface area contributed by atoms with E-state index >= 15 is 0 Å². The molecule has 0 unspecified atom stereocenters. The fourth-order valence-electron chi connectivity index (χ4n) is 3.68. The minimum absolute atomic E-state index is 0.174. The van der Waals surface area contributed by atoms with E-state index in [0.29, 0.717) is 30.0 Å². The maximum Gasteiger partial charge on any atom is 0.490 e. The molecule has 1 aliphatic heterocycles. The van der Waals surface area contributed by atoms with Gasteiger partial charge in [0.25, 0.3) is 15.9 Å². The number of carboxylic acid groups (broad SMARTS) is 1. The van der Waals surface area contributed by atoms with E-state index in [1.165, 1.54) is 18.0 Å². The molecule has 0 saturated carbocycles. The number of sulfonamides is 1. The predicted molar refractivity (Wildman–Crippen MR) is 141 cm³/mol. The number of hydrogen-bond donors (Lipinski definition) is 3. The van der Waals surface area contributed by atoms with Crippen molar-refractivity contribution in [2.24, 2.45) is 0 Å². The largest absolute Gasteiger partial charge is 0.490 e. The number of piperazine rings is 1. The zero-order valence-corrected chi connectivity index (χ0v) is 22.9. The Morgan fingerprint density at radius 3 is 2.27 bits per heavy atom. The molecule has 1 saturated heterocycles. The topological polar surface area (TPSA) is 145 Å². The van der Waals surface area contributed by atoms with Crippen molar-refractivity contribution in [3.63, 3.8) is 0 Å². The van der Waals surface area contributed by atoms with Gasteiger partial charge in [-0.05, 0) is 43.7 Å². The second-order valence-corrected chi connectivity index (χ2v) is 10.3. The van der Waals surface area contributed by atoms with Crippen molar-refractivity contribution in [1.82, 2.24) is 10.2 Å². The van der Waals surface area contributed by atoms with E-state index in [9.17, 15) is 31.2 Å². The van der Waals surface area contributed by atoms with E-state index in [1.54, 1.807) is 50.2 Å². The number of aliphatic carboxylic acids is 1. The lowest BCUT2D eigenvalue weighted by atomic mass is 10.1. The highest BCUT2D eigenvalue weighted by Gasteiger charge is 2.38. The minimum Gasteiger partial charge on any atom is -0.475 e. The fourth-order valence-corrected chi connectivity index (χ4v) is 5.00. The SMILES string of the molecule is CCOC(=O)CN(C)C(=O)c1ccc(N2CCNCC2)c(NS(=O)(=O)c2ccccc2C)c1.O=C(O)C(F)(F)F. The van der Waals surface area contributed by atoms with Gasteiger partial charge < -0.3 is 25.0 Å². The Bertz CT molecular complexity index is 1310. The molecule has 3 rings (SSSR count). The van der Waals surface area contributed by atoms with E-state index < -0.39 is 34.0 Å². The van der Waals surface area contributed by atoms with Crippen molar-refractivity contribution in [2.75, 3.05) is 56.0 Å². The molecule has 40 heavy (non-hydrogen) atoms. The van der Waals surface area contributed by atoms with Gasteiger partial charge in [0.1, 0.15) is 6.54 Å². The number of anilines is 2. The van der Waals surface area contributed by atoms with Crippen molar-refractivity contribution < 1.29 is 45.8 Å². The second kappa shape index (κ2) is 14.0. The number of rotatable bonds is 8. The number of aryl methyl sites for hydroxylation is 1. The summed E-state index contributed by atoms with van der Waals surface area (Å²) in [5.74, 6) is -3.68. The molecular weight excluding hydrogens is 557 g/mol. The molecule has 11 nitrogen and oxygen atoms in total. The molecule has 1 amide bonds. The maximum absolute atomic E-state index is 13.2. The highest BCUT2D eigenvalue weighted by Crippen LogP contribution is 2.31. The van der Waals surface area contributed by atoms with Crippen LogP contribution in [0.3, 0.4) is 0 Å². The van der Waals surface area contributed by atoms with Gasteiger partial charge in [-0.1, -0.05) is 18.2 Å². The fraction of sp³-hybridized carbons (Fsp3) is 0.400. The molecule has 0 radical (unpaired) electrons. The molecule has 220 valence electrons. The zero-order chi connectivity index (χ0) is 30.1. The molecule has 0 bridgehead atoms. The normalized spacial score (nSPS) is 13.5. The molecule has 15 heteroatoms. The molecule has 2 aromatic carbocycles. The summed E-state index contributed by atoms with van der Waals surface area (Å²) in [6.45, 7) is 6.41. The summed E-state index contributed by atoms with van der Waals surface area (Å²) >= 11 is 0. The van der Waals surface area contributed by atoms with Crippen molar-refractivity contribution in [3.05, 3.63) is 53.6 Å². The average molecular weight is 589 g/mol. The van der Waals surface area contributed by atoms with E-state index in [1.807, 2.05) is 0 Å². The number of amides is 1. The first-order chi connectivity index (χ1) is 18.7. The van der Waals surface area contributed by atoms with Crippen LogP contribution >= 0.6 is 0 Å². The van der Waals surface area contributed by atoms with Gasteiger partial charge in [0, 0.05) is 38.8 Å². The van der Waals surface area contributed by atoms with Crippen molar-refractivity contribution in [1.29, 1.82) is 0 Å². The van der Waals surface area contributed by atoms with E-state index in [0.717, 1.165) is 13.1 Å². The summed E-state index contributed by atoms with van der Waals surface area (Å²) in [7, 11) is -2.38. The lowest BCUT2D eigenvalue weighted by Gasteiger charge is -2.31. The number of alkyl halides is 3. The molecule has 1 heterocycles. The van der Waals surface area contributed by atoms with Crippen LogP contribution in [-0.2, 0) is 24.3 Å². The number of hydrogen-bond acceptors (Lipinski definition) is 8. The minimum atomic E-state index is -5.08. The number of benzene rings is 2. The van der Waals surface area contributed by atoms with Gasteiger partial charge in [-0.2, -0.15) is 13.2 Å². The number of carboxylic acids is 1. The molecule has 0 spiro atoms. The van der Waals surface area contributed by atoms with Gasteiger partial charge in [0.05, 0.1) is 22.9 Å². The first-order valence-corrected chi connectivity index (χ1v) is 13.5. The lowest BCUT2D eigenvalue weighted by Crippen LogP contribution is -2.43. The second-order valence-electron chi connectivity index (χ2n) is 8.61.